The first kappa shape index (κ1) is 17.8. The van der Waals surface area contributed by atoms with Crippen LogP contribution in [0, 0.1) is 10.1 Å². The number of aliphatic hydroxyl groups excluding tert-OH is 1. The number of nitrogens with one attached hydrogen (secondary N) is 1. The number of nitro groups is 1. The van der Waals surface area contributed by atoms with Crippen LogP contribution in [0.2, 0.25) is 0 Å². The second-order valence-corrected chi connectivity index (χ2v) is 6.66. The van der Waals surface area contributed by atoms with E-state index in [2.05, 4.69) is 4.72 Å². The fourth-order valence-electron chi connectivity index (χ4n) is 2.02. The van der Waals surface area contributed by atoms with E-state index in [9.17, 15) is 28.4 Å². The summed E-state index contributed by atoms with van der Waals surface area (Å²) in [6.07, 6.45) is 0.282. The third-order valence-electron chi connectivity index (χ3n) is 3.17. The highest BCUT2D eigenvalue weighted by molar-refractivity contribution is 7.89. The van der Waals surface area contributed by atoms with Gasteiger partial charge in [-0.3, -0.25) is 14.9 Å². The van der Waals surface area contributed by atoms with Crippen LogP contribution in [0.1, 0.15) is 0 Å². The number of aliphatic hydroxyl groups is 1. The number of pyridine rings is 1. The van der Waals surface area contributed by atoms with Crippen LogP contribution in [0.5, 0.6) is 0 Å². The number of hydrogen-bond donors (Lipinski definition) is 2. The van der Waals surface area contributed by atoms with E-state index < -0.39 is 38.2 Å². The third kappa shape index (κ3) is 4.25. The summed E-state index contributed by atoms with van der Waals surface area (Å²) in [6.45, 7) is -0.505. The Morgan fingerprint density at radius 1 is 1.21 bits per heavy atom. The van der Waals surface area contributed by atoms with Crippen LogP contribution in [0.4, 0.5) is 5.69 Å². The molecule has 10 heteroatoms. The van der Waals surface area contributed by atoms with Gasteiger partial charge in [0, 0.05) is 24.9 Å². The highest BCUT2D eigenvalue weighted by Gasteiger charge is 2.25. The maximum absolute atomic E-state index is 12.2. The second kappa shape index (κ2) is 7.34. The van der Waals surface area contributed by atoms with Gasteiger partial charge in [0.2, 0.25) is 10.0 Å². The van der Waals surface area contributed by atoms with Crippen LogP contribution in [-0.2, 0) is 16.6 Å². The average Bonchev–Trinajstić information content (AvgIpc) is 2.55. The molecule has 2 N–H and O–H groups in total. The van der Waals surface area contributed by atoms with Crippen molar-refractivity contribution in [2.75, 3.05) is 6.54 Å². The van der Waals surface area contributed by atoms with Gasteiger partial charge in [-0.2, -0.15) is 0 Å². The molecule has 0 aliphatic rings. The number of para-hydroxylation sites is 1. The van der Waals surface area contributed by atoms with Gasteiger partial charge in [-0.1, -0.05) is 18.2 Å². The van der Waals surface area contributed by atoms with E-state index in [1.165, 1.54) is 29.0 Å². The van der Waals surface area contributed by atoms with Crippen LogP contribution in [0.3, 0.4) is 0 Å². The van der Waals surface area contributed by atoms with Gasteiger partial charge in [0.25, 0.3) is 11.2 Å². The maximum Gasteiger partial charge on any atom is 0.289 e. The van der Waals surface area contributed by atoms with Crippen LogP contribution in [-0.4, -0.2) is 35.7 Å². The molecule has 1 unspecified atom stereocenters. The van der Waals surface area contributed by atoms with Gasteiger partial charge in [0.1, 0.15) is 0 Å². The highest BCUT2D eigenvalue weighted by atomic mass is 32.2. The predicted molar refractivity (Wildman–Crippen MR) is 85.0 cm³/mol. The Balaban J connectivity index is 2.09. The smallest absolute Gasteiger partial charge is 0.289 e. The highest BCUT2D eigenvalue weighted by Crippen LogP contribution is 2.22. The molecule has 0 radical (unpaired) electrons. The Hall–Kier alpha value is -2.56. The molecule has 2 rings (SSSR count). The Morgan fingerprint density at radius 3 is 2.54 bits per heavy atom. The van der Waals surface area contributed by atoms with Crippen molar-refractivity contribution in [2.45, 2.75) is 17.5 Å². The van der Waals surface area contributed by atoms with E-state index in [0.29, 0.717) is 0 Å². The number of sulfonamides is 1. The van der Waals surface area contributed by atoms with E-state index in [4.69, 9.17) is 0 Å². The van der Waals surface area contributed by atoms with Gasteiger partial charge in [-0.15, -0.1) is 0 Å². The van der Waals surface area contributed by atoms with Crippen molar-refractivity contribution in [3.05, 3.63) is 69.1 Å². The number of hydrogen-bond acceptors (Lipinski definition) is 6. The number of aromatic nitrogens is 1. The summed E-state index contributed by atoms with van der Waals surface area (Å²) in [5.74, 6) is 0. The van der Waals surface area contributed by atoms with Gasteiger partial charge in [-0.05, 0) is 12.1 Å². The van der Waals surface area contributed by atoms with Crippen molar-refractivity contribution >= 4 is 15.7 Å². The van der Waals surface area contributed by atoms with E-state index in [1.54, 1.807) is 12.1 Å². The maximum atomic E-state index is 12.2. The van der Waals surface area contributed by atoms with Crippen molar-refractivity contribution in [1.82, 2.24) is 9.29 Å². The quantitative estimate of drug-likeness (QED) is 0.536. The summed E-state index contributed by atoms with van der Waals surface area (Å²) in [4.78, 5) is 21.2. The molecule has 1 atom stereocenters. The SMILES string of the molecule is O=c1ccccn1CC(O)CNS(=O)(=O)c1ccccc1[N+](=O)[O-]. The fourth-order valence-corrected chi connectivity index (χ4v) is 3.26. The summed E-state index contributed by atoms with van der Waals surface area (Å²) in [7, 11) is -4.17. The monoisotopic (exact) mass is 353 g/mol. The lowest BCUT2D eigenvalue weighted by Gasteiger charge is -2.13. The first-order chi connectivity index (χ1) is 11.3. The minimum atomic E-state index is -4.17. The predicted octanol–water partition coefficient (Wildman–Crippen LogP) is 0.0959. The third-order valence-corrected chi connectivity index (χ3v) is 4.64. The molecule has 1 aromatic heterocycles. The van der Waals surface area contributed by atoms with E-state index in [0.717, 1.165) is 12.1 Å². The van der Waals surface area contributed by atoms with Crippen molar-refractivity contribution in [3.63, 3.8) is 0 Å². The molecule has 0 saturated heterocycles. The lowest BCUT2D eigenvalue weighted by Crippen LogP contribution is -2.36. The number of nitrogens with zero attached hydrogens (tertiary/aromatic N) is 2. The minimum Gasteiger partial charge on any atom is -0.390 e. The molecule has 0 aliphatic heterocycles. The topological polar surface area (TPSA) is 132 Å². The molecular weight excluding hydrogens is 338 g/mol. The molecular formula is C14H15N3O6S. The minimum absolute atomic E-state index is 0.112. The number of nitro benzene ring substituents is 1. The van der Waals surface area contributed by atoms with Gasteiger partial charge in [0.15, 0.2) is 4.90 Å². The van der Waals surface area contributed by atoms with E-state index in [-0.39, 0.29) is 12.1 Å². The molecule has 1 aromatic carbocycles. The lowest BCUT2D eigenvalue weighted by atomic mass is 10.3. The zero-order valence-electron chi connectivity index (χ0n) is 12.4. The van der Waals surface area contributed by atoms with Crippen molar-refractivity contribution < 1.29 is 18.4 Å². The molecule has 0 spiro atoms. The molecule has 0 aliphatic carbocycles. The molecule has 0 saturated carbocycles. The van der Waals surface area contributed by atoms with E-state index >= 15 is 0 Å². The number of rotatable bonds is 7. The standard InChI is InChI=1S/C14H15N3O6S/c18-11(10-16-8-4-3-7-14(16)19)9-15-24(22,23)13-6-2-1-5-12(13)17(20)21/h1-8,11,15,18H,9-10H2. The summed E-state index contributed by atoms with van der Waals surface area (Å²) < 4.78 is 27.7. The molecule has 2 aromatic rings. The zero-order valence-corrected chi connectivity index (χ0v) is 13.2. The van der Waals surface area contributed by atoms with E-state index in [1.807, 2.05) is 0 Å². The van der Waals surface area contributed by atoms with Crippen LogP contribution < -0.4 is 10.3 Å². The summed E-state index contributed by atoms with van der Waals surface area (Å²) in [5.41, 5.74) is -0.892. The summed E-state index contributed by atoms with van der Waals surface area (Å²) in [5, 5.41) is 20.8. The summed E-state index contributed by atoms with van der Waals surface area (Å²) >= 11 is 0. The molecule has 0 amide bonds. The Labute approximate surface area is 137 Å². The average molecular weight is 353 g/mol. The first-order valence-electron chi connectivity index (χ1n) is 6.88. The van der Waals surface area contributed by atoms with Crippen LogP contribution in [0.25, 0.3) is 0 Å². The van der Waals surface area contributed by atoms with Gasteiger partial charge < -0.3 is 9.67 Å². The first-order valence-corrected chi connectivity index (χ1v) is 8.36. The van der Waals surface area contributed by atoms with Crippen molar-refractivity contribution in [3.8, 4) is 0 Å². The zero-order chi connectivity index (χ0) is 17.7. The lowest BCUT2D eigenvalue weighted by molar-refractivity contribution is -0.387. The fraction of sp³-hybridized carbons (Fsp3) is 0.214. The van der Waals surface area contributed by atoms with Crippen LogP contribution >= 0.6 is 0 Å². The van der Waals surface area contributed by atoms with Gasteiger partial charge >= 0.3 is 0 Å². The van der Waals surface area contributed by atoms with Crippen molar-refractivity contribution in [2.24, 2.45) is 0 Å². The largest absolute Gasteiger partial charge is 0.390 e. The molecule has 0 fully saturated rings. The molecule has 128 valence electrons. The Morgan fingerprint density at radius 2 is 1.88 bits per heavy atom. The molecule has 24 heavy (non-hydrogen) atoms. The number of benzene rings is 1. The van der Waals surface area contributed by atoms with Gasteiger partial charge in [-0.25, -0.2) is 13.1 Å². The second-order valence-electron chi connectivity index (χ2n) is 4.92. The summed E-state index contributed by atoms with van der Waals surface area (Å²) in [6, 6.07) is 9.36. The Kier molecular flexibility index (Phi) is 5.44. The molecule has 9 nitrogen and oxygen atoms in total. The Bertz CT molecular complexity index is 893. The molecule has 1 heterocycles. The normalized spacial score (nSPS) is 12.7. The molecule has 0 bridgehead atoms. The van der Waals surface area contributed by atoms with Crippen LogP contribution in [0.15, 0.2) is 58.4 Å². The van der Waals surface area contributed by atoms with Crippen molar-refractivity contribution in [1.29, 1.82) is 0 Å². The van der Waals surface area contributed by atoms with Gasteiger partial charge in [0.05, 0.1) is 17.6 Å².